The van der Waals surface area contributed by atoms with Gasteiger partial charge in [-0.25, -0.2) is 0 Å². The molecule has 0 spiro atoms. The lowest BCUT2D eigenvalue weighted by molar-refractivity contribution is 0.174. The first-order valence-corrected chi connectivity index (χ1v) is 7.13. The Hall–Kier alpha value is -1.32. The van der Waals surface area contributed by atoms with Gasteiger partial charge in [-0.15, -0.1) is 6.58 Å². The summed E-state index contributed by atoms with van der Waals surface area (Å²) in [5, 5.41) is 3.40. The van der Waals surface area contributed by atoms with Gasteiger partial charge in [-0.2, -0.15) is 0 Å². The summed E-state index contributed by atoms with van der Waals surface area (Å²) >= 11 is 0. The zero-order valence-corrected chi connectivity index (χ0v) is 11.8. The maximum atomic E-state index is 5.61. The van der Waals surface area contributed by atoms with E-state index in [-0.39, 0.29) is 0 Å². The molecule has 0 amide bonds. The Balaban J connectivity index is 2.16. The highest BCUT2D eigenvalue weighted by Gasteiger charge is 2.21. The number of benzene rings is 1. The maximum Gasteiger partial charge on any atom is 0.119 e. The molecule has 0 aliphatic carbocycles. The highest BCUT2D eigenvalue weighted by atomic mass is 16.5. The Morgan fingerprint density at radius 3 is 2.89 bits per heavy atom. The summed E-state index contributed by atoms with van der Waals surface area (Å²) in [6.07, 6.45) is 3.00. The van der Waals surface area contributed by atoms with E-state index in [9.17, 15) is 0 Å². The van der Waals surface area contributed by atoms with Crippen molar-refractivity contribution in [1.29, 1.82) is 0 Å². The van der Waals surface area contributed by atoms with Crippen LogP contribution in [0.15, 0.2) is 36.9 Å². The average molecular weight is 260 g/mol. The number of hydrogen-bond acceptors (Lipinski definition) is 3. The zero-order chi connectivity index (χ0) is 13.5. The second-order valence-corrected chi connectivity index (χ2v) is 4.83. The average Bonchev–Trinajstić information content (AvgIpc) is 2.46. The van der Waals surface area contributed by atoms with Gasteiger partial charge in [0.25, 0.3) is 0 Å². The lowest BCUT2D eigenvalue weighted by Crippen LogP contribution is -2.45. The van der Waals surface area contributed by atoms with E-state index in [1.165, 1.54) is 5.56 Å². The van der Waals surface area contributed by atoms with Gasteiger partial charge in [-0.3, -0.25) is 4.90 Å². The van der Waals surface area contributed by atoms with Crippen LogP contribution in [-0.2, 0) is 0 Å². The first-order chi connectivity index (χ1) is 9.35. The Labute approximate surface area is 116 Å². The van der Waals surface area contributed by atoms with Crippen molar-refractivity contribution in [1.82, 2.24) is 10.2 Å². The molecule has 0 aromatic heterocycles. The molecule has 104 valence electrons. The molecule has 0 unspecified atom stereocenters. The van der Waals surface area contributed by atoms with E-state index < -0.39 is 0 Å². The molecule has 3 heteroatoms. The molecule has 1 aliphatic heterocycles. The third-order valence-electron chi connectivity index (χ3n) is 3.54. The van der Waals surface area contributed by atoms with Crippen LogP contribution in [0.3, 0.4) is 0 Å². The van der Waals surface area contributed by atoms with E-state index in [4.69, 9.17) is 4.74 Å². The molecule has 1 aliphatic rings. The summed E-state index contributed by atoms with van der Waals surface area (Å²) in [4.78, 5) is 2.53. The number of piperazine rings is 1. The van der Waals surface area contributed by atoms with Crippen LogP contribution in [-0.4, -0.2) is 37.7 Å². The van der Waals surface area contributed by atoms with Crippen molar-refractivity contribution < 1.29 is 4.74 Å². The normalized spacial score (nSPS) is 17.9. The van der Waals surface area contributed by atoms with Crippen LogP contribution in [0.5, 0.6) is 5.75 Å². The van der Waals surface area contributed by atoms with Gasteiger partial charge in [0, 0.05) is 32.2 Å². The molecule has 0 saturated carbocycles. The van der Waals surface area contributed by atoms with Crippen molar-refractivity contribution >= 4 is 0 Å². The first-order valence-electron chi connectivity index (χ1n) is 7.13. The van der Waals surface area contributed by atoms with Crippen LogP contribution in [0.2, 0.25) is 0 Å². The molecular weight excluding hydrogens is 236 g/mol. The lowest BCUT2D eigenvalue weighted by atomic mass is 10.0. The fourth-order valence-corrected chi connectivity index (χ4v) is 2.63. The SMILES string of the molecule is C=CC[C@H](c1cccc(OCC)c1)N1CCNCC1. The predicted molar refractivity (Wildman–Crippen MR) is 79.6 cm³/mol. The van der Waals surface area contributed by atoms with Gasteiger partial charge < -0.3 is 10.1 Å². The molecule has 1 N–H and O–H groups in total. The first kappa shape index (κ1) is 14.1. The van der Waals surface area contributed by atoms with Crippen molar-refractivity contribution in [3.63, 3.8) is 0 Å². The Bertz CT molecular complexity index is 399. The van der Waals surface area contributed by atoms with E-state index in [1.807, 2.05) is 19.1 Å². The topological polar surface area (TPSA) is 24.5 Å². The number of ether oxygens (including phenoxy) is 1. The second kappa shape index (κ2) is 7.31. The minimum absolute atomic E-state index is 0.417. The maximum absolute atomic E-state index is 5.61. The Morgan fingerprint density at radius 2 is 2.21 bits per heavy atom. The highest BCUT2D eigenvalue weighted by molar-refractivity contribution is 5.31. The second-order valence-electron chi connectivity index (χ2n) is 4.83. The van der Waals surface area contributed by atoms with Gasteiger partial charge in [0.1, 0.15) is 5.75 Å². The van der Waals surface area contributed by atoms with Crippen LogP contribution >= 0.6 is 0 Å². The van der Waals surface area contributed by atoms with Crippen LogP contribution in [0.4, 0.5) is 0 Å². The standard InChI is InChI=1S/C16H24N2O/c1-3-6-16(18-11-9-17-10-12-18)14-7-5-8-15(13-14)19-4-2/h3,5,7-8,13,16-17H,1,4,6,9-12H2,2H3/t16-/m1/s1. The molecule has 1 aromatic carbocycles. The summed E-state index contributed by atoms with van der Waals surface area (Å²) in [5.41, 5.74) is 1.33. The number of nitrogens with zero attached hydrogens (tertiary/aromatic N) is 1. The van der Waals surface area contributed by atoms with Crippen molar-refractivity contribution in [2.24, 2.45) is 0 Å². The van der Waals surface area contributed by atoms with Crippen molar-refractivity contribution in [2.75, 3.05) is 32.8 Å². The van der Waals surface area contributed by atoms with E-state index >= 15 is 0 Å². The van der Waals surface area contributed by atoms with Crippen LogP contribution in [0, 0.1) is 0 Å². The molecule has 0 bridgehead atoms. The molecule has 1 aromatic rings. The van der Waals surface area contributed by atoms with E-state index in [0.717, 1.165) is 38.3 Å². The molecule has 1 fully saturated rings. The van der Waals surface area contributed by atoms with Crippen molar-refractivity contribution in [2.45, 2.75) is 19.4 Å². The van der Waals surface area contributed by atoms with Crippen LogP contribution < -0.4 is 10.1 Å². The monoisotopic (exact) mass is 260 g/mol. The molecular formula is C16H24N2O. The minimum atomic E-state index is 0.417. The van der Waals surface area contributed by atoms with Gasteiger partial charge in [0.05, 0.1) is 6.61 Å². The summed E-state index contributed by atoms with van der Waals surface area (Å²) in [5.74, 6) is 0.962. The van der Waals surface area contributed by atoms with Gasteiger partial charge in [-0.1, -0.05) is 18.2 Å². The zero-order valence-electron chi connectivity index (χ0n) is 11.8. The van der Waals surface area contributed by atoms with E-state index in [0.29, 0.717) is 12.6 Å². The third-order valence-corrected chi connectivity index (χ3v) is 3.54. The fraction of sp³-hybridized carbons (Fsp3) is 0.500. The van der Waals surface area contributed by atoms with Gasteiger partial charge in [0.15, 0.2) is 0 Å². The third kappa shape index (κ3) is 3.82. The smallest absolute Gasteiger partial charge is 0.119 e. The Kier molecular flexibility index (Phi) is 5.43. The Morgan fingerprint density at radius 1 is 1.42 bits per heavy atom. The largest absolute Gasteiger partial charge is 0.494 e. The number of hydrogen-bond donors (Lipinski definition) is 1. The number of rotatable bonds is 6. The van der Waals surface area contributed by atoms with Crippen LogP contribution in [0.1, 0.15) is 24.9 Å². The molecule has 1 heterocycles. The molecule has 19 heavy (non-hydrogen) atoms. The molecule has 1 atom stereocenters. The van der Waals surface area contributed by atoms with E-state index in [2.05, 4.69) is 35.0 Å². The summed E-state index contributed by atoms with van der Waals surface area (Å²) in [7, 11) is 0. The molecule has 0 radical (unpaired) electrons. The fourth-order valence-electron chi connectivity index (χ4n) is 2.63. The van der Waals surface area contributed by atoms with Gasteiger partial charge in [0.2, 0.25) is 0 Å². The van der Waals surface area contributed by atoms with Crippen molar-refractivity contribution in [3.8, 4) is 5.75 Å². The number of nitrogens with one attached hydrogen (secondary N) is 1. The van der Waals surface area contributed by atoms with Gasteiger partial charge >= 0.3 is 0 Å². The summed E-state index contributed by atoms with van der Waals surface area (Å²) in [6.45, 7) is 11.0. The molecule has 1 saturated heterocycles. The highest BCUT2D eigenvalue weighted by Crippen LogP contribution is 2.27. The predicted octanol–water partition coefficient (Wildman–Crippen LogP) is 2.61. The summed E-state index contributed by atoms with van der Waals surface area (Å²) < 4.78 is 5.61. The van der Waals surface area contributed by atoms with Gasteiger partial charge in [-0.05, 0) is 31.0 Å². The quantitative estimate of drug-likeness (QED) is 0.796. The van der Waals surface area contributed by atoms with Crippen LogP contribution in [0.25, 0.3) is 0 Å². The van der Waals surface area contributed by atoms with E-state index in [1.54, 1.807) is 0 Å². The molecule has 2 rings (SSSR count). The molecule has 3 nitrogen and oxygen atoms in total. The minimum Gasteiger partial charge on any atom is -0.494 e. The van der Waals surface area contributed by atoms with Crippen molar-refractivity contribution in [3.05, 3.63) is 42.5 Å². The lowest BCUT2D eigenvalue weighted by Gasteiger charge is -2.35. The summed E-state index contributed by atoms with van der Waals surface area (Å²) in [6, 6.07) is 8.88.